The normalized spacial score (nSPS) is 12.2. The molecule has 1 aromatic heterocycles. The third-order valence-electron chi connectivity index (χ3n) is 3.76. The number of imidazole rings is 1. The van der Waals surface area contributed by atoms with Crippen LogP contribution < -0.4 is 4.74 Å². The third kappa shape index (κ3) is 3.76. The number of fused-ring (bicyclic) bond motifs is 1. The smallest absolute Gasteiger partial charge is 0.269 e. The van der Waals surface area contributed by atoms with Crippen molar-refractivity contribution in [2.45, 2.75) is 19.3 Å². The van der Waals surface area contributed by atoms with Crippen LogP contribution in [0.15, 0.2) is 48.5 Å². The van der Waals surface area contributed by atoms with Gasteiger partial charge in [-0.05, 0) is 24.3 Å². The summed E-state index contributed by atoms with van der Waals surface area (Å²) in [6.07, 6.45) is -0.835. The number of hydrogen-bond donors (Lipinski definition) is 2. The molecule has 3 rings (SSSR count). The highest BCUT2D eigenvalue weighted by Crippen LogP contribution is 2.19. The molecule has 1 atom stereocenters. The highest BCUT2D eigenvalue weighted by atomic mass is 16.6. The Hall–Kier alpha value is -2.97. The van der Waals surface area contributed by atoms with Gasteiger partial charge in [-0.15, -0.1) is 0 Å². The highest BCUT2D eigenvalue weighted by Gasteiger charge is 2.14. The Morgan fingerprint density at radius 2 is 1.92 bits per heavy atom. The van der Waals surface area contributed by atoms with Gasteiger partial charge in [0, 0.05) is 12.1 Å². The van der Waals surface area contributed by atoms with E-state index in [2.05, 4.69) is 4.98 Å². The summed E-state index contributed by atoms with van der Waals surface area (Å²) in [7, 11) is 0. The fourth-order valence-electron chi connectivity index (χ4n) is 2.57. The summed E-state index contributed by atoms with van der Waals surface area (Å²) in [6.45, 7) is -0.0107. The molecule has 0 fully saturated rings. The summed E-state index contributed by atoms with van der Waals surface area (Å²) in [5.74, 6) is 0.901. The number of non-ortho nitro benzene ring substituents is 1. The first-order chi connectivity index (χ1) is 12.1. The summed E-state index contributed by atoms with van der Waals surface area (Å²) in [5.41, 5.74) is 1.54. The largest absolute Gasteiger partial charge is 0.491 e. The van der Waals surface area contributed by atoms with Crippen molar-refractivity contribution < 1.29 is 19.9 Å². The number of nitro benzene ring substituents is 1. The Balaban J connectivity index is 1.66. The summed E-state index contributed by atoms with van der Waals surface area (Å²) in [4.78, 5) is 14.5. The minimum Gasteiger partial charge on any atom is -0.491 e. The van der Waals surface area contributed by atoms with Gasteiger partial charge >= 0.3 is 0 Å². The fourth-order valence-corrected chi connectivity index (χ4v) is 2.57. The van der Waals surface area contributed by atoms with E-state index in [0.717, 1.165) is 11.0 Å². The maximum Gasteiger partial charge on any atom is 0.269 e. The molecule has 0 aliphatic rings. The van der Waals surface area contributed by atoms with E-state index in [1.807, 2.05) is 24.3 Å². The van der Waals surface area contributed by atoms with Gasteiger partial charge in [0.25, 0.3) is 5.69 Å². The van der Waals surface area contributed by atoms with Gasteiger partial charge in [-0.2, -0.15) is 0 Å². The van der Waals surface area contributed by atoms with Crippen LogP contribution in [-0.2, 0) is 13.2 Å². The second kappa shape index (κ2) is 7.29. The van der Waals surface area contributed by atoms with E-state index in [9.17, 15) is 20.3 Å². The van der Waals surface area contributed by atoms with Crippen molar-refractivity contribution in [3.05, 3.63) is 64.5 Å². The first-order valence-electron chi connectivity index (χ1n) is 7.69. The van der Waals surface area contributed by atoms with Gasteiger partial charge in [-0.25, -0.2) is 4.98 Å². The standard InChI is InChI=1S/C17H17N3O5/c21-10-17-18-15-3-1-2-4-16(15)19(17)9-13(22)11-25-14-7-5-12(6-8-14)20(23)24/h1-8,13,21-22H,9-11H2. The lowest BCUT2D eigenvalue weighted by Gasteiger charge is -2.15. The lowest BCUT2D eigenvalue weighted by molar-refractivity contribution is -0.384. The van der Waals surface area contributed by atoms with Gasteiger partial charge in [-0.1, -0.05) is 12.1 Å². The Morgan fingerprint density at radius 3 is 2.60 bits per heavy atom. The van der Waals surface area contributed by atoms with E-state index in [1.165, 1.54) is 24.3 Å². The average molecular weight is 343 g/mol. The van der Waals surface area contributed by atoms with Crippen LogP contribution in [0.4, 0.5) is 5.69 Å². The van der Waals surface area contributed by atoms with E-state index in [4.69, 9.17) is 4.74 Å². The average Bonchev–Trinajstić information content (AvgIpc) is 2.98. The minimum atomic E-state index is -0.835. The molecule has 0 bridgehead atoms. The zero-order valence-corrected chi connectivity index (χ0v) is 13.3. The van der Waals surface area contributed by atoms with E-state index in [1.54, 1.807) is 4.57 Å². The van der Waals surface area contributed by atoms with Crippen molar-refractivity contribution in [3.63, 3.8) is 0 Å². The van der Waals surface area contributed by atoms with E-state index in [-0.39, 0.29) is 25.4 Å². The third-order valence-corrected chi connectivity index (χ3v) is 3.76. The van der Waals surface area contributed by atoms with Crippen LogP contribution in [-0.4, -0.2) is 37.4 Å². The first kappa shape index (κ1) is 16.9. The summed E-state index contributed by atoms with van der Waals surface area (Å²) in [5, 5.41) is 30.3. The molecule has 0 saturated carbocycles. The fraction of sp³-hybridized carbons (Fsp3) is 0.235. The van der Waals surface area contributed by atoms with E-state index < -0.39 is 11.0 Å². The molecule has 1 heterocycles. The van der Waals surface area contributed by atoms with Crippen molar-refractivity contribution in [3.8, 4) is 5.75 Å². The molecule has 25 heavy (non-hydrogen) atoms. The summed E-state index contributed by atoms with van der Waals surface area (Å²) >= 11 is 0. The monoisotopic (exact) mass is 343 g/mol. The van der Waals surface area contributed by atoms with Crippen molar-refractivity contribution >= 4 is 16.7 Å². The van der Waals surface area contributed by atoms with Gasteiger partial charge in [0.1, 0.15) is 30.9 Å². The molecule has 0 radical (unpaired) electrons. The second-order valence-electron chi connectivity index (χ2n) is 5.50. The Kier molecular flexibility index (Phi) is 4.92. The van der Waals surface area contributed by atoms with Crippen molar-refractivity contribution in [2.24, 2.45) is 0 Å². The van der Waals surface area contributed by atoms with Crippen LogP contribution in [0.3, 0.4) is 0 Å². The van der Waals surface area contributed by atoms with Gasteiger partial charge in [0.2, 0.25) is 0 Å². The lowest BCUT2D eigenvalue weighted by Crippen LogP contribution is -2.24. The topological polar surface area (TPSA) is 111 Å². The van der Waals surface area contributed by atoms with Crippen molar-refractivity contribution in [1.29, 1.82) is 0 Å². The molecule has 3 aromatic rings. The van der Waals surface area contributed by atoms with Gasteiger partial charge < -0.3 is 19.5 Å². The summed E-state index contributed by atoms with van der Waals surface area (Å²) < 4.78 is 7.22. The Morgan fingerprint density at radius 1 is 1.20 bits per heavy atom. The van der Waals surface area contributed by atoms with Gasteiger partial charge in [0.05, 0.1) is 22.5 Å². The molecule has 0 spiro atoms. The molecule has 8 nitrogen and oxygen atoms in total. The number of nitrogens with zero attached hydrogens (tertiary/aromatic N) is 3. The molecule has 0 amide bonds. The number of benzene rings is 2. The number of aliphatic hydroxyl groups excluding tert-OH is 2. The predicted molar refractivity (Wildman–Crippen MR) is 90.3 cm³/mol. The molecule has 130 valence electrons. The van der Waals surface area contributed by atoms with Crippen molar-refractivity contribution in [2.75, 3.05) is 6.61 Å². The lowest BCUT2D eigenvalue weighted by atomic mass is 10.3. The van der Waals surface area contributed by atoms with Crippen LogP contribution in [0.1, 0.15) is 5.82 Å². The molecule has 0 aliphatic heterocycles. The zero-order chi connectivity index (χ0) is 17.8. The molecule has 1 unspecified atom stereocenters. The van der Waals surface area contributed by atoms with Gasteiger partial charge in [-0.3, -0.25) is 10.1 Å². The van der Waals surface area contributed by atoms with Gasteiger partial charge in [0.15, 0.2) is 0 Å². The van der Waals surface area contributed by atoms with Crippen molar-refractivity contribution in [1.82, 2.24) is 9.55 Å². The molecular formula is C17H17N3O5. The van der Waals surface area contributed by atoms with Crippen LogP contribution in [0.5, 0.6) is 5.75 Å². The Labute approximate surface area is 143 Å². The highest BCUT2D eigenvalue weighted by molar-refractivity contribution is 5.75. The predicted octanol–water partition coefficient (Wildman–Crippen LogP) is 1.88. The van der Waals surface area contributed by atoms with Crippen LogP contribution >= 0.6 is 0 Å². The number of aliphatic hydroxyl groups is 2. The molecule has 2 N–H and O–H groups in total. The first-order valence-corrected chi connectivity index (χ1v) is 7.69. The number of hydrogen-bond acceptors (Lipinski definition) is 6. The number of ether oxygens (including phenoxy) is 1. The summed E-state index contributed by atoms with van der Waals surface area (Å²) in [6, 6.07) is 13.1. The molecule has 8 heteroatoms. The number of para-hydroxylation sites is 2. The second-order valence-corrected chi connectivity index (χ2v) is 5.50. The quantitative estimate of drug-likeness (QED) is 0.500. The number of nitro groups is 1. The number of rotatable bonds is 7. The number of aromatic nitrogens is 2. The van der Waals surface area contributed by atoms with Crippen LogP contribution in [0.2, 0.25) is 0 Å². The molecule has 0 aliphatic carbocycles. The zero-order valence-electron chi connectivity index (χ0n) is 13.3. The molecule has 0 saturated heterocycles. The maximum absolute atomic E-state index is 10.6. The maximum atomic E-state index is 10.6. The molecule has 2 aromatic carbocycles. The van der Waals surface area contributed by atoms with E-state index >= 15 is 0 Å². The van der Waals surface area contributed by atoms with Crippen LogP contribution in [0, 0.1) is 10.1 Å². The molecular weight excluding hydrogens is 326 g/mol. The van der Waals surface area contributed by atoms with E-state index in [0.29, 0.717) is 11.6 Å². The Bertz CT molecular complexity index is 876. The van der Waals surface area contributed by atoms with Crippen LogP contribution in [0.25, 0.3) is 11.0 Å². The SMILES string of the molecule is O=[N+]([O-])c1ccc(OCC(O)Cn2c(CO)nc3ccccc32)cc1. The minimum absolute atomic E-state index is 0.00911.